The van der Waals surface area contributed by atoms with E-state index in [9.17, 15) is 4.79 Å². The fourth-order valence-electron chi connectivity index (χ4n) is 3.45. The van der Waals surface area contributed by atoms with Gasteiger partial charge in [0, 0.05) is 19.2 Å². The average Bonchev–Trinajstić information content (AvgIpc) is 3.15. The number of unbranched alkanes of at least 4 members (excludes halogenated alkanes) is 1. The molecule has 180 valence electrons. The van der Waals surface area contributed by atoms with Crippen LogP contribution in [0.4, 0.5) is 10.6 Å². The van der Waals surface area contributed by atoms with Gasteiger partial charge in [0.1, 0.15) is 16.9 Å². The van der Waals surface area contributed by atoms with Crippen molar-refractivity contribution in [1.29, 1.82) is 0 Å². The number of methoxy groups -OCH3 is 3. The van der Waals surface area contributed by atoms with Crippen LogP contribution in [0.15, 0.2) is 6.07 Å². The first kappa shape index (κ1) is 24.1. The highest BCUT2D eigenvalue weighted by molar-refractivity contribution is 5.91. The number of fused-ring (bicyclic) bond motifs is 3. The van der Waals surface area contributed by atoms with E-state index >= 15 is 0 Å². The van der Waals surface area contributed by atoms with Crippen molar-refractivity contribution in [3.8, 4) is 17.2 Å². The van der Waals surface area contributed by atoms with Crippen LogP contribution in [0.2, 0.25) is 0 Å². The van der Waals surface area contributed by atoms with Crippen LogP contribution in [-0.4, -0.2) is 65.7 Å². The van der Waals surface area contributed by atoms with Gasteiger partial charge in [-0.05, 0) is 40.5 Å². The first-order valence-corrected chi connectivity index (χ1v) is 10.7. The molecule has 0 saturated heterocycles. The molecule has 0 aliphatic heterocycles. The lowest BCUT2D eigenvalue weighted by Crippen LogP contribution is -2.33. The fourth-order valence-corrected chi connectivity index (χ4v) is 3.45. The molecule has 2 aromatic heterocycles. The third kappa shape index (κ3) is 5.29. The molecule has 3 aromatic rings. The molecule has 2 heterocycles. The molecule has 11 nitrogen and oxygen atoms in total. The summed E-state index contributed by atoms with van der Waals surface area (Å²) < 4.78 is 23.8. The first-order chi connectivity index (χ1) is 15.7. The Labute approximate surface area is 192 Å². The Morgan fingerprint density at radius 3 is 2.36 bits per heavy atom. The summed E-state index contributed by atoms with van der Waals surface area (Å²) in [7, 11) is 4.69. The zero-order chi connectivity index (χ0) is 24.2. The van der Waals surface area contributed by atoms with Gasteiger partial charge in [-0.15, -0.1) is 10.2 Å². The van der Waals surface area contributed by atoms with Gasteiger partial charge in [-0.2, -0.15) is 0 Å². The molecule has 0 saturated carbocycles. The fraction of sp³-hybridized carbons (Fsp3) is 0.545. The summed E-state index contributed by atoms with van der Waals surface area (Å²) in [4.78, 5) is 16.5. The topological polar surface area (TPSA) is 121 Å². The monoisotopic (exact) mass is 460 g/mol. The number of alkyl carbamates (subject to hydrolysis) is 1. The maximum atomic E-state index is 11.7. The molecule has 0 unspecified atom stereocenters. The van der Waals surface area contributed by atoms with Gasteiger partial charge in [-0.1, -0.05) is 0 Å². The molecule has 33 heavy (non-hydrogen) atoms. The SMILES string of the molecule is COc1cc2c(nc(NCCCCNC(=O)OC(C)(C)C)c3nnc(C)n32)c(OC)c1OC. The summed E-state index contributed by atoms with van der Waals surface area (Å²) in [5.41, 5.74) is 1.43. The number of hydrogen-bond donors (Lipinski definition) is 2. The Balaban J connectivity index is 1.79. The number of hydrogen-bond acceptors (Lipinski definition) is 9. The van der Waals surface area contributed by atoms with E-state index in [-0.39, 0.29) is 0 Å². The van der Waals surface area contributed by atoms with Gasteiger partial charge in [0.2, 0.25) is 11.4 Å². The molecular formula is C22H32N6O5. The number of rotatable bonds is 9. The van der Waals surface area contributed by atoms with Gasteiger partial charge in [-0.3, -0.25) is 4.40 Å². The van der Waals surface area contributed by atoms with Gasteiger partial charge in [0.15, 0.2) is 17.3 Å². The molecule has 2 N–H and O–H groups in total. The van der Waals surface area contributed by atoms with Crippen molar-refractivity contribution < 1.29 is 23.7 Å². The number of ether oxygens (including phenoxy) is 4. The molecule has 0 aliphatic carbocycles. The Kier molecular flexibility index (Phi) is 7.29. The number of amides is 1. The number of anilines is 1. The van der Waals surface area contributed by atoms with Gasteiger partial charge < -0.3 is 29.6 Å². The average molecular weight is 461 g/mol. The summed E-state index contributed by atoms with van der Waals surface area (Å²) in [5.74, 6) is 2.73. The van der Waals surface area contributed by atoms with Gasteiger partial charge >= 0.3 is 6.09 Å². The van der Waals surface area contributed by atoms with Gasteiger partial charge in [0.25, 0.3) is 0 Å². The molecule has 0 atom stereocenters. The van der Waals surface area contributed by atoms with E-state index in [1.54, 1.807) is 21.3 Å². The summed E-state index contributed by atoms with van der Waals surface area (Å²) in [6.45, 7) is 8.52. The van der Waals surface area contributed by atoms with Crippen molar-refractivity contribution >= 4 is 28.6 Å². The predicted molar refractivity (Wildman–Crippen MR) is 125 cm³/mol. The molecule has 3 rings (SSSR count). The zero-order valence-electron chi connectivity index (χ0n) is 20.2. The van der Waals surface area contributed by atoms with E-state index < -0.39 is 11.7 Å². The molecule has 1 aromatic carbocycles. The van der Waals surface area contributed by atoms with Crippen molar-refractivity contribution in [3.05, 3.63) is 11.9 Å². The van der Waals surface area contributed by atoms with Crippen molar-refractivity contribution in [2.75, 3.05) is 39.7 Å². The summed E-state index contributed by atoms with van der Waals surface area (Å²) in [6, 6.07) is 1.83. The maximum Gasteiger partial charge on any atom is 0.407 e. The number of carbonyl (C=O) groups excluding carboxylic acids is 1. The Morgan fingerprint density at radius 2 is 1.73 bits per heavy atom. The summed E-state index contributed by atoms with van der Waals surface area (Å²) in [5, 5.41) is 14.6. The summed E-state index contributed by atoms with van der Waals surface area (Å²) >= 11 is 0. The van der Waals surface area contributed by atoms with Crippen LogP contribution in [0.1, 0.15) is 39.4 Å². The Bertz CT molecular complexity index is 1140. The zero-order valence-corrected chi connectivity index (χ0v) is 20.2. The minimum absolute atomic E-state index is 0.413. The first-order valence-electron chi connectivity index (χ1n) is 10.7. The smallest absolute Gasteiger partial charge is 0.407 e. The second-order valence-corrected chi connectivity index (χ2v) is 8.44. The van der Waals surface area contributed by atoms with Crippen molar-refractivity contribution in [1.82, 2.24) is 24.9 Å². The van der Waals surface area contributed by atoms with E-state index in [0.29, 0.717) is 53.1 Å². The van der Waals surface area contributed by atoms with Crippen LogP contribution in [0.5, 0.6) is 17.2 Å². The second-order valence-electron chi connectivity index (χ2n) is 8.44. The van der Waals surface area contributed by atoms with Crippen molar-refractivity contribution in [2.45, 2.75) is 46.1 Å². The second kappa shape index (κ2) is 9.97. The third-order valence-electron chi connectivity index (χ3n) is 4.85. The van der Waals surface area contributed by atoms with E-state index in [0.717, 1.165) is 18.4 Å². The van der Waals surface area contributed by atoms with Crippen LogP contribution < -0.4 is 24.8 Å². The number of aromatic nitrogens is 4. The molecule has 0 radical (unpaired) electrons. The Morgan fingerprint density at radius 1 is 1.03 bits per heavy atom. The predicted octanol–water partition coefficient (Wildman–Crippen LogP) is 3.33. The van der Waals surface area contributed by atoms with Crippen molar-refractivity contribution in [2.24, 2.45) is 0 Å². The number of nitrogens with zero attached hydrogens (tertiary/aromatic N) is 4. The van der Waals surface area contributed by atoms with E-state index in [2.05, 4.69) is 20.8 Å². The van der Waals surface area contributed by atoms with Crippen LogP contribution in [0, 0.1) is 6.92 Å². The van der Waals surface area contributed by atoms with Crippen molar-refractivity contribution in [3.63, 3.8) is 0 Å². The minimum atomic E-state index is -0.511. The Hall–Kier alpha value is -3.50. The van der Waals surface area contributed by atoms with Crippen LogP contribution in [-0.2, 0) is 4.74 Å². The maximum absolute atomic E-state index is 11.7. The molecule has 0 bridgehead atoms. The lowest BCUT2D eigenvalue weighted by atomic mass is 10.2. The quantitative estimate of drug-likeness (QED) is 0.463. The third-order valence-corrected chi connectivity index (χ3v) is 4.85. The number of nitrogens with one attached hydrogen (secondary N) is 2. The molecule has 1 amide bonds. The molecule has 0 fully saturated rings. The number of carbonyl (C=O) groups is 1. The summed E-state index contributed by atoms with van der Waals surface area (Å²) in [6.07, 6.45) is 1.16. The van der Waals surface area contributed by atoms with Crippen LogP contribution in [0.25, 0.3) is 16.7 Å². The highest BCUT2D eigenvalue weighted by atomic mass is 16.6. The van der Waals surface area contributed by atoms with E-state index in [1.165, 1.54) is 0 Å². The van der Waals surface area contributed by atoms with E-state index in [4.69, 9.17) is 23.9 Å². The number of benzene rings is 1. The minimum Gasteiger partial charge on any atom is -0.493 e. The van der Waals surface area contributed by atoms with Crippen LogP contribution >= 0.6 is 0 Å². The highest BCUT2D eigenvalue weighted by Gasteiger charge is 2.22. The number of aryl methyl sites for hydroxylation is 1. The van der Waals surface area contributed by atoms with E-state index in [1.807, 2.05) is 38.2 Å². The normalized spacial score (nSPS) is 11.5. The largest absolute Gasteiger partial charge is 0.493 e. The molecular weight excluding hydrogens is 428 g/mol. The lowest BCUT2D eigenvalue weighted by molar-refractivity contribution is 0.0527. The highest BCUT2D eigenvalue weighted by Crippen LogP contribution is 2.43. The molecule has 0 aliphatic rings. The standard InChI is InChI=1S/C22H32N6O5/c1-13-26-27-20-19(23-10-8-9-11-24-21(29)33-22(2,3)4)25-16-14(28(13)20)12-15(30-5)17(31-6)18(16)32-7/h12H,8-11H2,1-7H3,(H,23,25)(H,24,29). The molecule has 0 spiro atoms. The molecule has 11 heteroatoms. The van der Waals surface area contributed by atoms with Gasteiger partial charge in [-0.25, -0.2) is 9.78 Å². The van der Waals surface area contributed by atoms with Gasteiger partial charge in [0.05, 0.1) is 26.8 Å². The van der Waals surface area contributed by atoms with Crippen LogP contribution in [0.3, 0.4) is 0 Å². The lowest BCUT2D eigenvalue weighted by Gasteiger charge is -2.19.